The Hall–Kier alpha value is -1.41. The van der Waals surface area contributed by atoms with Crippen LogP contribution in [0.1, 0.15) is 31.1 Å². The van der Waals surface area contributed by atoms with Crippen LogP contribution < -0.4 is 5.32 Å². The van der Waals surface area contributed by atoms with Gasteiger partial charge in [0.2, 0.25) is 0 Å². The van der Waals surface area contributed by atoms with Gasteiger partial charge in [0.25, 0.3) is 0 Å². The van der Waals surface area contributed by atoms with Crippen molar-refractivity contribution in [2.24, 2.45) is 0 Å². The highest BCUT2D eigenvalue weighted by Gasteiger charge is 2.20. The van der Waals surface area contributed by atoms with Crippen LogP contribution >= 0.6 is 0 Å². The molecule has 0 bridgehead atoms. The van der Waals surface area contributed by atoms with Crippen LogP contribution in [-0.2, 0) is 0 Å². The second-order valence-electron chi connectivity index (χ2n) is 5.59. The fraction of sp³-hybridized carbons (Fsp3) is 0.533. The van der Waals surface area contributed by atoms with Crippen molar-refractivity contribution < 1.29 is 5.11 Å². The summed E-state index contributed by atoms with van der Waals surface area (Å²) in [6, 6.07) is 9.10. The molecule has 4 heteroatoms. The fourth-order valence-electron chi connectivity index (χ4n) is 1.57. The minimum atomic E-state index is -0.550. The quantitative estimate of drug-likeness (QED) is 0.815. The van der Waals surface area contributed by atoms with Crippen LogP contribution in [0.4, 0.5) is 0 Å². The highest BCUT2D eigenvalue weighted by molar-refractivity contribution is 5.32. The van der Waals surface area contributed by atoms with Crippen LogP contribution in [-0.4, -0.2) is 42.7 Å². The lowest BCUT2D eigenvalue weighted by atomic mass is 10.0. The number of benzene rings is 1. The van der Waals surface area contributed by atoms with Gasteiger partial charge in [-0.25, -0.2) is 0 Å². The van der Waals surface area contributed by atoms with Crippen molar-refractivity contribution in [3.63, 3.8) is 0 Å². The van der Waals surface area contributed by atoms with Gasteiger partial charge >= 0.3 is 0 Å². The maximum Gasteiger partial charge on any atom is 0.0991 e. The number of likely N-dealkylation sites (N-methyl/N-ethyl adjacent to an activating group) is 1. The van der Waals surface area contributed by atoms with Gasteiger partial charge < -0.3 is 15.3 Å². The number of nitrogens with one attached hydrogen (secondary N) is 1. The predicted octanol–water partition coefficient (Wildman–Crippen LogP) is 1.52. The van der Waals surface area contributed by atoms with Gasteiger partial charge in [-0.05, 0) is 45.6 Å². The van der Waals surface area contributed by atoms with Gasteiger partial charge in [-0.1, -0.05) is 12.1 Å². The number of rotatable bonds is 6. The van der Waals surface area contributed by atoms with E-state index in [0.29, 0.717) is 12.1 Å². The first-order valence-electron chi connectivity index (χ1n) is 6.43. The number of nitrogens with zero attached hydrogens (tertiary/aromatic N) is 2. The van der Waals surface area contributed by atoms with Gasteiger partial charge in [0.05, 0.1) is 17.7 Å². The molecule has 1 unspecified atom stereocenters. The number of hydrogen-bond donors (Lipinski definition) is 2. The molecule has 0 radical (unpaired) electrons. The monoisotopic (exact) mass is 261 g/mol. The Bertz CT molecular complexity index is 432. The van der Waals surface area contributed by atoms with Crippen molar-refractivity contribution in [2.75, 3.05) is 27.2 Å². The van der Waals surface area contributed by atoms with E-state index in [2.05, 4.69) is 30.1 Å². The van der Waals surface area contributed by atoms with Gasteiger partial charge in [-0.2, -0.15) is 5.26 Å². The van der Waals surface area contributed by atoms with E-state index < -0.39 is 6.10 Å². The molecule has 0 aromatic heterocycles. The van der Waals surface area contributed by atoms with Crippen molar-refractivity contribution in [3.8, 4) is 6.07 Å². The third kappa shape index (κ3) is 4.64. The standard InChI is InChI=1S/C15H23N3O/c1-15(2,18(3)4)11-17-10-14(19)13-7-5-12(9-16)6-8-13/h5-8,14,17,19H,10-11H2,1-4H3. The maximum atomic E-state index is 10.1. The third-order valence-corrected chi connectivity index (χ3v) is 3.53. The Morgan fingerprint density at radius 3 is 2.37 bits per heavy atom. The molecule has 1 aromatic carbocycles. The molecule has 2 N–H and O–H groups in total. The molecule has 0 spiro atoms. The van der Waals surface area contributed by atoms with Crippen molar-refractivity contribution in [3.05, 3.63) is 35.4 Å². The van der Waals surface area contributed by atoms with E-state index in [1.807, 2.05) is 14.1 Å². The van der Waals surface area contributed by atoms with Crippen LogP contribution in [0.5, 0.6) is 0 Å². The summed E-state index contributed by atoms with van der Waals surface area (Å²) in [5.41, 5.74) is 1.48. The summed E-state index contributed by atoms with van der Waals surface area (Å²) in [6.45, 7) is 5.60. The number of nitriles is 1. The molecule has 1 rings (SSSR count). The molecule has 0 aliphatic rings. The Labute approximate surface area is 115 Å². The molecule has 1 atom stereocenters. The first kappa shape index (κ1) is 15.6. The van der Waals surface area contributed by atoms with Crippen LogP contribution in [0.25, 0.3) is 0 Å². The molecule has 0 aliphatic carbocycles. The maximum absolute atomic E-state index is 10.1. The molecule has 0 heterocycles. The average molecular weight is 261 g/mol. The van der Waals surface area contributed by atoms with Crippen molar-refractivity contribution in [2.45, 2.75) is 25.5 Å². The molecule has 19 heavy (non-hydrogen) atoms. The summed E-state index contributed by atoms with van der Waals surface area (Å²) >= 11 is 0. The zero-order valence-corrected chi connectivity index (χ0v) is 12.1. The number of aliphatic hydroxyl groups excluding tert-OH is 1. The normalized spacial score (nSPS) is 13.3. The van der Waals surface area contributed by atoms with Crippen molar-refractivity contribution in [1.82, 2.24) is 10.2 Å². The van der Waals surface area contributed by atoms with E-state index in [1.165, 1.54) is 0 Å². The van der Waals surface area contributed by atoms with E-state index in [0.717, 1.165) is 12.1 Å². The summed E-state index contributed by atoms with van der Waals surface area (Å²) in [7, 11) is 4.08. The minimum absolute atomic E-state index is 0.0460. The van der Waals surface area contributed by atoms with Crippen LogP contribution in [0.2, 0.25) is 0 Å². The van der Waals surface area contributed by atoms with E-state index in [9.17, 15) is 5.11 Å². The molecule has 0 aliphatic heterocycles. The minimum Gasteiger partial charge on any atom is -0.387 e. The Balaban J connectivity index is 2.47. The Kier molecular flexibility index (Phi) is 5.49. The van der Waals surface area contributed by atoms with E-state index in [1.54, 1.807) is 24.3 Å². The highest BCUT2D eigenvalue weighted by Crippen LogP contribution is 2.13. The van der Waals surface area contributed by atoms with Gasteiger partial charge in [-0.15, -0.1) is 0 Å². The largest absolute Gasteiger partial charge is 0.387 e. The lowest BCUT2D eigenvalue weighted by Crippen LogP contribution is -2.47. The third-order valence-electron chi connectivity index (χ3n) is 3.53. The highest BCUT2D eigenvalue weighted by atomic mass is 16.3. The van der Waals surface area contributed by atoms with Gasteiger partial charge in [0, 0.05) is 18.6 Å². The van der Waals surface area contributed by atoms with Gasteiger partial charge in [-0.3, -0.25) is 0 Å². The molecular formula is C15H23N3O. The molecule has 1 aromatic rings. The summed E-state index contributed by atoms with van der Waals surface area (Å²) in [4.78, 5) is 2.15. The second kappa shape index (κ2) is 6.67. The van der Waals surface area contributed by atoms with Crippen molar-refractivity contribution in [1.29, 1.82) is 5.26 Å². The fourth-order valence-corrected chi connectivity index (χ4v) is 1.57. The van der Waals surface area contributed by atoms with Crippen LogP contribution in [0, 0.1) is 11.3 Å². The summed E-state index contributed by atoms with van der Waals surface area (Å²) < 4.78 is 0. The summed E-state index contributed by atoms with van der Waals surface area (Å²) in [5, 5.41) is 22.1. The summed E-state index contributed by atoms with van der Waals surface area (Å²) in [5.74, 6) is 0. The smallest absolute Gasteiger partial charge is 0.0991 e. The molecule has 4 nitrogen and oxygen atoms in total. The average Bonchev–Trinajstić information content (AvgIpc) is 2.38. The molecule has 0 saturated carbocycles. The first-order chi connectivity index (χ1) is 8.86. The summed E-state index contributed by atoms with van der Waals surface area (Å²) in [6.07, 6.45) is -0.550. The van der Waals surface area contributed by atoms with E-state index in [4.69, 9.17) is 5.26 Å². The molecule has 0 fully saturated rings. The molecule has 104 valence electrons. The second-order valence-corrected chi connectivity index (χ2v) is 5.59. The van der Waals surface area contributed by atoms with Crippen LogP contribution in [0.3, 0.4) is 0 Å². The number of aliphatic hydroxyl groups is 1. The predicted molar refractivity (Wildman–Crippen MR) is 76.8 cm³/mol. The number of hydrogen-bond acceptors (Lipinski definition) is 4. The van der Waals surface area contributed by atoms with Gasteiger partial charge in [0.1, 0.15) is 0 Å². The zero-order valence-electron chi connectivity index (χ0n) is 12.1. The SMILES string of the molecule is CN(C)C(C)(C)CNCC(O)c1ccc(C#N)cc1. The Morgan fingerprint density at radius 1 is 1.32 bits per heavy atom. The first-order valence-corrected chi connectivity index (χ1v) is 6.43. The topological polar surface area (TPSA) is 59.3 Å². The lowest BCUT2D eigenvalue weighted by molar-refractivity contribution is 0.152. The lowest BCUT2D eigenvalue weighted by Gasteiger charge is -2.33. The molecular weight excluding hydrogens is 238 g/mol. The molecule has 0 amide bonds. The van der Waals surface area contributed by atoms with Crippen LogP contribution in [0.15, 0.2) is 24.3 Å². The van der Waals surface area contributed by atoms with Crippen molar-refractivity contribution >= 4 is 0 Å². The zero-order chi connectivity index (χ0) is 14.5. The Morgan fingerprint density at radius 2 is 1.89 bits per heavy atom. The van der Waals surface area contributed by atoms with Gasteiger partial charge in [0.15, 0.2) is 0 Å². The molecule has 0 saturated heterocycles. The van der Waals surface area contributed by atoms with E-state index in [-0.39, 0.29) is 5.54 Å². The van der Waals surface area contributed by atoms with E-state index >= 15 is 0 Å².